The normalized spacial score (nSPS) is 32.4. The molecule has 1 aliphatic carbocycles. The molecule has 2 fully saturated rings. The number of hydrogen-bond donors (Lipinski definition) is 1. The van der Waals surface area contributed by atoms with E-state index < -0.39 is 5.41 Å². The van der Waals surface area contributed by atoms with Crippen LogP contribution >= 0.6 is 0 Å². The lowest BCUT2D eigenvalue weighted by molar-refractivity contribution is -0.134. The summed E-state index contributed by atoms with van der Waals surface area (Å²) in [5.41, 5.74) is -0.719. The van der Waals surface area contributed by atoms with Crippen LogP contribution in [-0.4, -0.2) is 37.0 Å². The molecular formula is C15H25N3O. The fourth-order valence-electron chi connectivity index (χ4n) is 3.37. The van der Waals surface area contributed by atoms with Crippen molar-refractivity contribution >= 4 is 5.91 Å². The molecule has 0 bridgehead atoms. The highest BCUT2D eigenvalue weighted by atomic mass is 16.2. The Morgan fingerprint density at radius 1 is 1.42 bits per heavy atom. The lowest BCUT2D eigenvalue weighted by Gasteiger charge is -2.39. The Labute approximate surface area is 116 Å². The first kappa shape index (κ1) is 14.3. The van der Waals surface area contributed by atoms with Crippen LogP contribution in [0.1, 0.15) is 39.5 Å². The maximum absolute atomic E-state index is 12.1. The Balaban J connectivity index is 1.74. The summed E-state index contributed by atoms with van der Waals surface area (Å²) in [6.45, 7) is 8.43. The van der Waals surface area contributed by atoms with E-state index in [4.69, 9.17) is 0 Å². The summed E-state index contributed by atoms with van der Waals surface area (Å²) < 4.78 is 0. The Bertz CT molecular complexity index is 360. The molecule has 1 amide bonds. The van der Waals surface area contributed by atoms with Gasteiger partial charge in [-0.1, -0.05) is 13.8 Å². The molecule has 2 aliphatic rings. The van der Waals surface area contributed by atoms with Crippen LogP contribution in [0, 0.1) is 28.6 Å². The number of rotatable bonds is 4. The molecule has 0 aromatic rings. The van der Waals surface area contributed by atoms with Crippen LogP contribution in [0.15, 0.2) is 0 Å². The van der Waals surface area contributed by atoms with Crippen molar-refractivity contribution in [1.29, 1.82) is 5.26 Å². The van der Waals surface area contributed by atoms with Crippen LogP contribution in [0.4, 0.5) is 0 Å². The average Bonchev–Trinajstić information content (AvgIpc) is 2.41. The van der Waals surface area contributed by atoms with E-state index >= 15 is 0 Å². The van der Waals surface area contributed by atoms with Gasteiger partial charge in [0.05, 0.1) is 6.07 Å². The second-order valence-electron chi connectivity index (χ2n) is 6.29. The average molecular weight is 263 g/mol. The number of nitrogens with zero attached hydrogens (tertiary/aromatic N) is 2. The smallest absolute Gasteiger partial charge is 0.240 e. The molecule has 0 aromatic heterocycles. The molecule has 4 nitrogen and oxygen atoms in total. The van der Waals surface area contributed by atoms with E-state index in [1.165, 1.54) is 0 Å². The van der Waals surface area contributed by atoms with E-state index in [-0.39, 0.29) is 5.91 Å². The van der Waals surface area contributed by atoms with Gasteiger partial charge in [-0.3, -0.25) is 4.79 Å². The standard InChI is InChI=1S/C15H25N3O/c1-3-18-6-4-13(5-7-18)10-17-14(19)15(11-16)8-12(2)9-15/h12-13H,3-10H2,1-2H3,(H,17,19). The van der Waals surface area contributed by atoms with Gasteiger partial charge in [-0.25, -0.2) is 0 Å². The zero-order valence-corrected chi connectivity index (χ0v) is 12.1. The van der Waals surface area contributed by atoms with Gasteiger partial charge in [0, 0.05) is 6.54 Å². The molecule has 2 rings (SSSR count). The summed E-state index contributed by atoms with van der Waals surface area (Å²) in [5, 5.41) is 12.2. The minimum absolute atomic E-state index is 0.0361. The number of carbonyl (C=O) groups is 1. The monoisotopic (exact) mass is 263 g/mol. The first-order chi connectivity index (χ1) is 9.09. The van der Waals surface area contributed by atoms with Crippen LogP contribution in [0.5, 0.6) is 0 Å². The Kier molecular flexibility index (Phi) is 4.46. The number of hydrogen-bond acceptors (Lipinski definition) is 3. The third-order valence-corrected chi connectivity index (χ3v) is 4.75. The zero-order valence-electron chi connectivity index (χ0n) is 12.1. The molecular weight excluding hydrogens is 238 g/mol. The SMILES string of the molecule is CCN1CCC(CNC(=O)C2(C#N)CC(C)C2)CC1. The van der Waals surface area contributed by atoms with Crippen molar-refractivity contribution in [2.24, 2.45) is 17.3 Å². The number of nitriles is 1. The number of nitrogens with one attached hydrogen (secondary N) is 1. The Morgan fingerprint density at radius 2 is 2.05 bits per heavy atom. The number of carbonyl (C=O) groups excluding carboxylic acids is 1. The predicted molar refractivity (Wildman–Crippen MR) is 74.3 cm³/mol. The van der Waals surface area contributed by atoms with E-state index in [2.05, 4.69) is 30.1 Å². The molecule has 0 unspecified atom stereocenters. The Hall–Kier alpha value is -1.08. The van der Waals surface area contributed by atoms with Crippen LogP contribution in [0.25, 0.3) is 0 Å². The van der Waals surface area contributed by atoms with Gasteiger partial charge in [-0.2, -0.15) is 5.26 Å². The summed E-state index contributed by atoms with van der Waals surface area (Å²) >= 11 is 0. The molecule has 1 heterocycles. The molecule has 1 saturated heterocycles. The summed E-state index contributed by atoms with van der Waals surface area (Å²) in [7, 11) is 0. The maximum atomic E-state index is 12.1. The molecule has 1 saturated carbocycles. The lowest BCUT2D eigenvalue weighted by Crippen LogP contribution is -2.49. The molecule has 4 heteroatoms. The van der Waals surface area contributed by atoms with Crippen molar-refractivity contribution in [1.82, 2.24) is 10.2 Å². The van der Waals surface area contributed by atoms with Crippen LogP contribution in [0.3, 0.4) is 0 Å². The molecule has 0 atom stereocenters. The number of amides is 1. The van der Waals surface area contributed by atoms with E-state index in [1.807, 2.05) is 0 Å². The van der Waals surface area contributed by atoms with E-state index in [1.54, 1.807) is 0 Å². The molecule has 1 aliphatic heterocycles. The third-order valence-electron chi connectivity index (χ3n) is 4.75. The molecule has 106 valence electrons. The molecule has 0 spiro atoms. The van der Waals surface area contributed by atoms with Crippen LogP contribution in [0.2, 0.25) is 0 Å². The van der Waals surface area contributed by atoms with E-state index in [0.29, 0.717) is 11.8 Å². The van der Waals surface area contributed by atoms with Gasteiger partial charge in [0.15, 0.2) is 0 Å². The first-order valence-corrected chi connectivity index (χ1v) is 7.51. The summed E-state index contributed by atoms with van der Waals surface area (Å²) in [5.74, 6) is 1.06. The highest BCUT2D eigenvalue weighted by molar-refractivity contribution is 5.86. The van der Waals surface area contributed by atoms with Crippen molar-refractivity contribution in [2.45, 2.75) is 39.5 Å². The van der Waals surface area contributed by atoms with Gasteiger partial charge in [0.25, 0.3) is 0 Å². The van der Waals surface area contributed by atoms with Gasteiger partial charge >= 0.3 is 0 Å². The van der Waals surface area contributed by atoms with Gasteiger partial charge in [0.1, 0.15) is 5.41 Å². The molecule has 0 aromatic carbocycles. The summed E-state index contributed by atoms with van der Waals surface area (Å²) in [6.07, 6.45) is 3.77. The van der Waals surface area contributed by atoms with Crippen LogP contribution < -0.4 is 5.32 Å². The fraction of sp³-hybridized carbons (Fsp3) is 0.867. The minimum Gasteiger partial charge on any atom is -0.354 e. The summed E-state index contributed by atoms with van der Waals surface area (Å²) in [4.78, 5) is 14.6. The highest BCUT2D eigenvalue weighted by Crippen LogP contribution is 2.45. The fourth-order valence-corrected chi connectivity index (χ4v) is 3.37. The van der Waals surface area contributed by atoms with Crippen molar-refractivity contribution in [2.75, 3.05) is 26.2 Å². The number of likely N-dealkylation sites (tertiary alicyclic amines) is 1. The van der Waals surface area contributed by atoms with Gasteiger partial charge in [-0.05, 0) is 57.2 Å². The second-order valence-corrected chi connectivity index (χ2v) is 6.29. The highest BCUT2D eigenvalue weighted by Gasteiger charge is 2.48. The minimum atomic E-state index is -0.719. The van der Waals surface area contributed by atoms with E-state index in [0.717, 1.165) is 51.9 Å². The molecule has 19 heavy (non-hydrogen) atoms. The largest absolute Gasteiger partial charge is 0.354 e. The van der Waals surface area contributed by atoms with Crippen molar-refractivity contribution < 1.29 is 4.79 Å². The van der Waals surface area contributed by atoms with Crippen molar-refractivity contribution in [3.63, 3.8) is 0 Å². The summed E-state index contributed by atoms with van der Waals surface area (Å²) in [6, 6.07) is 2.23. The third kappa shape index (κ3) is 3.09. The quantitative estimate of drug-likeness (QED) is 0.841. The molecule has 0 radical (unpaired) electrons. The first-order valence-electron chi connectivity index (χ1n) is 7.51. The predicted octanol–water partition coefficient (Wildman–Crippen LogP) is 1.77. The lowest BCUT2D eigenvalue weighted by atomic mass is 9.63. The van der Waals surface area contributed by atoms with Gasteiger partial charge < -0.3 is 10.2 Å². The van der Waals surface area contributed by atoms with Crippen molar-refractivity contribution in [3.8, 4) is 6.07 Å². The Morgan fingerprint density at radius 3 is 2.53 bits per heavy atom. The number of piperidine rings is 1. The maximum Gasteiger partial charge on any atom is 0.240 e. The van der Waals surface area contributed by atoms with Gasteiger partial charge in [-0.15, -0.1) is 0 Å². The topological polar surface area (TPSA) is 56.1 Å². The van der Waals surface area contributed by atoms with E-state index in [9.17, 15) is 10.1 Å². The second kappa shape index (κ2) is 5.92. The van der Waals surface area contributed by atoms with Gasteiger partial charge in [0.2, 0.25) is 5.91 Å². The zero-order chi connectivity index (χ0) is 13.9. The molecule has 1 N–H and O–H groups in total. The van der Waals surface area contributed by atoms with Crippen molar-refractivity contribution in [3.05, 3.63) is 0 Å². The van der Waals surface area contributed by atoms with Crippen LogP contribution in [-0.2, 0) is 4.79 Å².